The monoisotopic (exact) mass is 407 g/mol. The number of rotatable bonds is 3. The Hall–Kier alpha value is -2.77. The molecule has 3 aromatic rings. The lowest BCUT2D eigenvalue weighted by atomic mass is 10.0. The first-order chi connectivity index (χ1) is 14.2. The van der Waals surface area contributed by atoms with Crippen molar-refractivity contribution in [3.8, 4) is 5.69 Å². The molecule has 2 aliphatic heterocycles. The molecular formula is C21H22ClN7. The molecule has 0 aliphatic carbocycles. The molecule has 2 aliphatic rings. The lowest BCUT2D eigenvalue weighted by Crippen LogP contribution is -2.47. The highest BCUT2D eigenvalue weighted by atomic mass is 35.5. The van der Waals surface area contributed by atoms with Crippen molar-refractivity contribution in [1.29, 1.82) is 0 Å². The highest BCUT2D eigenvalue weighted by Gasteiger charge is 2.27. The zero-order chi connectivity index (χ0) is 19.8. The molecule has 0 N–H and O–H groups in total. The molecule has 0 saturated carbocycles. The van der Waals surface area contributed by atoms with Crippen molar-refractivity contribution in [3.05, 3.63) is 64.7 Å². The second-order valence-corrected chi connectivity index (χ2v) is 7.65. The SMILES string of the molecule is CCN1CCN(c2nnc3n2-c2ccc(Cl)cc2C(c2ccccn2)=NC3)CC1. The number of fused-ring (bicyclic) bond motifs is 3. The lowest BCUT2D eigenvalue weighted by molar-refractivity contribution is 0.269. The maximum absolute atomic E-state index is 6.37. The molecular weight excluding hydrogens is 386 g/mol. The summed E-state index contributed by atoms with van der Waals surface area (Å²) in [6.07, 6.45) is 1.78. The number of piperazine rings is 1. The van der Waals surface area contributed by atoms with Crippen LogP contribution >= 0.6 is 11.6 Å². The van der Waals surface area contributed by atoms with Crippen LogP contribution in [0.25, 0.3) is 5.69 Å². The Balaban J connectivity index is 1.61. The van der Waals surface area contributed by atoms with Crippen molar-refractivity contribution in [2.75, 3.05) is 37.6 Å². The topological polar surface area (TPSA) is 62.4 Å². The van der Waals surface area contributed by atoms with Crippen molar-refractivity contribution in [2.24, 2.45) is 4.99 Å². The number of hydrogen-bond acceptors (Lipinski definition) is 6. The van der Waals surface area contributed by atoms with Gasteiger partial charge in [-0.05, 0) is 36.9 Å². The molecule has 1 aromatic carbocycles. The predicted octanol–water partition coefficient (Wildman–Crippen LogP) is 2.81. The standard InChI is InChI=1S/C21H22ClN7/c1-2-27-9-11-28(12-10-27)21-26-25-19-14-24-20(17-5-3-4-8-23-17)16-13-15(22)6-7-18(16)29(19)21/h3-8,13H,2,9-12,14H2,1H3. The van der Waals surface area contributed by atoms with Crippen LogP contribution in [0.2, 0.25) is 5.02 Å². The van der Waals surface area contributed by atoms with Gasteiger partial charge in [-0.1, -0.05) is 24.6 Å². The van der Waals surface area contributed by atoms with Gasteiger partial charge < -0.3 is 9.80 Å². The minimum atomic E-state index is 0.445. The van der Waals surface area contributed by atoms with Gasteiger partial charge in [-0.3, -0.25) is 14.5 Å². The second kappa shape index (κ2) is 7.57. The first kappa shape index (κ1) is 18.3. The number of anilines is 1. The van der Waals surface area contributed by atoms with E-state index in [-0.39, 0.29) is 0 Å². The van der Waals surface area contributed by atoms with Crippen LogP contribution in [0.5, 0.6) is 0 Å². The van der Waals surface area contributed by atoms with Gasteiger partial charge in [0, 0.05) is 43.0 Å². The molecule has 8 heteroatoms. The molecule has 2 aromatic heterocycles. The van der Waals surface area contributed by atoms with Gasteiger partial charge in [-0.15, -0.1) is 10.2 Å². The van der Waals surface area contributed by atoms with Crippen LogP contribution in [0.4, 0.5) is 5.95 Å². The minimum Gasteiger partial charge on any atom is -0.338 e. The molecule has 0 amide bonds. The van der Waals surface area contributed by atoms with Crippen LogP contribution in [0.1, 0.15) is 24.0 Å². The van der Waals surface area contributed by atoms with Gasteiger partial charge in [-0.2, -0.15) is 0 Å². The van der Waals surface area contributed by atoms with Gasteiger partial charge in [0.05, 0.1) is 17.1 Å². The fourth-order valence-corrected chi connectivity index (χ4v) is 4.15. The first-order valence-electron chi connectivity index (χ1n) is 9.92. The Morgan fingerprint density at radius 1 is 1.03 bits per heavy atom. The third kappa shape index (κ3) is 3.30. The van der Waals surface area contributed by atoms with E-state index in [2.05, 4.69) is 36.5 Å². The minimum absolute atomic E-state index is 0.445. The third-order valence-electron chi connectivity index (χ3n) is 5.56. The van der Waals surface area contributed by atoms with Crippen LogP contribution in [-0.2, 0) is 6.54 Å². The van der Waals surface area contributed by atoms with Gasteiger partial charge in [0.2, 0.25) is 5.95 Å². The molecule has 148 valence electrons. The maximum Gasteiger partial charge on any atom is 0.232 e. The summed E-state index contributed by atoms with van der Waals surface area (Å²) in [5.41, 5.74) is 3.59. The van der Waals surface area contributed by atoms with Crippen molar-refractivity contribution >= 4 is 23.3 Å². The number of aromatic nitrogens is 4. The average Bonchev–Trinajstić information content (AvgIpc) is 3.11. The zero-order valence-electron chi connectivity index (χ0n) is 16.3. The van der Waals surface area contributed by atoms with E-state index >= 15 is 0 Å². The Labute approximate surface area is 174 Å². The highest BCUT2D eigenvalue weighted by Crippen LogP contribution is 2.30. The van der Waals surface area contributed by atoms with Gasteiger partial charge in [0.1, 0.15) is 6.54 Å². The van der Waals surface area contributed by atoms with Gasteiger partial charge in [0.15, 0.2) is 5.82 Å². The van der Waals surface area contributed by atoms with Crippen LogP contribution in [-0.4, -0.2) is 63.1 Å². The fraction of sp³-hybridized carbons (Fsp3) is 0.333. The quantitative estimate of drug-likeness (QED) is 0.668. The van der Waals surface area contributed by atoms with E-state index in [1.54, 1.807) is 6.20 Å². The van der Waals surface area contributed by atoms with Gasteiger partial charge in [0.25, 0.3) is 0 Å². The normalized spacial score (nSPS) is 16.8. The van der Waals surface area contributed by atoms with Crippen LogP contribution in [0.15, 0.2) is 47.6 Å². The predicted molar refractivity (Wildman–Crippen MR) is 114 cm³/mol. The number of likely N-dealkylation sites (N-methyl/N-ethyl adjacent to an activating group) is 1. The Morgan fingerprint density at radius 3 is 2.66 bits per heavy atom. The van der Waals surface area contributed by atoms with E-state index in [0.29, 0.717) is 11.6 Å². The van der Waals surface area contributed by atoms with Crippen LogP contribution in [0, 0.1) is 0 Å². The summed E-state index contributed by atoms with van der Waals surface area (Å²) in [6, 6.07) is 11.7. The number of nitrogens with zero attached hydrogens (tertiary/aromatic N) is 7. The first-order valence-corrected chi connectivity index (χ1v) is 10.3. The van der Waals surface area contributed by atoms with Crippen molar-refractivity contribution in [1.82, 2.24) is 24.6 Å². The van der Waals surface area contributed by atoms with E-state index in [0.717, 1.165) is 67.2 Å². The molecule has 5 rings (SSSR count). The van der Waals surface area contributed by atoms with Crippen LogP contribution < -0.4 is 4.90 Å². The summed E-state index contributed by atoms with van der Waals surface area (Å²) in [4.78, 5) is 14.1. The molecule has 4 heterocycles. The number of halogens is 1. The molecule has 1 fully saturated rings. The third-order valence-corrected chi connectivity index (χ3v) is 5.79. The Kier molecular flexibility index (Phi) is 4.77. The number of benzene rings is 1. The lowest BCUT2D eigenvalue weighted by Gasteiger charge is -2.34. The molecule has 1 saturated heterocycles. The highest BCUT2D eigenvalue weighted by molar-refractivity contribution is 6.31. The summed E-state index contributed by atoms with van der Waals surface area (Å²) in [6.45, 7) is 7.65. The van der Waals surface area contributed by atoms with Crippen molar-refractivity contribution in [2.45, 2.75) is 13.5 Å². The van der Waals surface area contributed by atoms with E-state index in [9.17, 15) is 0 Å². The van der Waals surface area contributed by atoms with Crippen molar-refractivity contribution < 1.29 is 0 Å². The van der Waals surface area contributed by atoms with Gasteiger partial charge >= 0.3 is 0 Å². The Bertz CT molecular complexity index is 1050. The largest absolute Gasteiger partial charge is 0.338 e. The van der Waals surface area contributed by atoms with E-state index in [1.807, 2.05) is 36.4 Å². The maximum atomic E-state index is 6.37. The van der Waals surface area contributed by atoms with Gasteiger partial charge in [-0.25, -0.2) is 0 Å². The molecule has 7 nitrogen and oxygen atoms in total. The summed E-state index contributed by atoms with van der Waals surface area (Å²) < 4.78 is 2.13. The Morgan fingerprint density at radius 2 is 1.90 bits per heavy atom. The molecule has 0 unspecified atom stereocenters. The summed E-state index contributed by atoms with van der Waals surface area (Å²) in [5.74, 6) is 1.70. The molecule has 0 atom stereocenters. The summed E-state index contributed by atoms with van der Waals surface area (Å²) >= 11 is 6.37. The number of pyridine rings is 1. The van der Waals surface area contributed by atoms with Crippen LogP contribution in [0.3, 0.4) is 0 Å². The van der Waals surface area contributed by atoms with E-state index in [1.165, 1.54) is 0 Å². The van der Waals surface area contributed by atoms with E-state index < -0.39 is 0 Å². The van der Waals surface area contributed by atoms with Crippen molar-refractivity contribution in [3.63, 3.8) is 0 Å². The summed E-state index contributed by atoms with van der Waals surface area (Å²) in [7, 11) is 0. The smallest absolute Gasteiger partial charge is 0.232 e. The molecule has 0 spiro atoms. The molecule has 0 bridgehead atoms. The zero-order valence-corrected chi connectivity index (χ0v) is 17.0. The molecule has 0 radical (unpaired) electrons. The number of aliphatic imine (C=N–C) groups is 1. The second-order valence-electron chi connectivity index (χ2n) is 7.21. The molecule has 29 heavy (non-hydrogen) atoms. The van der Waals surface area contributed by atoms with E-state index in [4.69, 9.17) is 16.6 Å². The fourth-order valence-electron chi connectivity index (χ4n) is 3.97. The number of hydrogen-bond donors (Lipinski definition) is 0. The average molecular weight is 408 g/mol. The summed E-state index contributed by atoms with van der Waals surface area (Å²) in [5, 5.41) is 9.68.